The average molecular weight is 594 g/mol. The number of benzene rings is 1. The Kier molecular flexibility index (Phi) is 8.53. The van der Waals surface area contributed by atoms with E-state index in [0.717, 1.165) is 28.9 Å². The fraction of sp³-hybridized carbons (Fsp3) is 0.576. The molecule has 1 aromatic heterocycles. The van der Waals surface area contributed by atoms with Gasteiger partial charge in [0.2, 0.25) is 11.8 Å². The van der Waals surface area contributed by atoms with Gasteiger partial charge in [0.25, 0.3) is 0 Å². The van der Waals surface area contributed by atoms with Crippen LogP contribution in [0, 0.1) is 5.82 Å². The lowest BCUT2D eigenvalue weighted by atomic mass is 9.91. The molecule has 5 rings (SSSR count). The molecule has 1 aromatic carbocycles. The minimum Gasteiger partial charge on any atom is -0.444 e. The highest BCUT2D eigenvalue weighted by molar-refractivity contribution is 5.97. The van der Waals surface area contributed by atoms with Gasteiger partial charge in [0, 0.05) is 62.8 Å². The Labute approximate surface area is 254 Å². The highest BCUT2D eigenvalue weighted by Gasteiger charge is 2.43. The van der Waals surface area contributed by atoms with Crippen molar-refractivity contribution >= 4 is 23.6 Å². The van der Waals surface area contributed by atoms with Gasteiger partial charge in [-0.3, -0.25) is 19.5 Å². The molecule has 2 aromatic rings. The molecule has 43 heavy (non-hydrogen) atoms. The van der Waals surface area contributed by atoms with E-state index in [0.29, 0.717) is 45.6 Å². The van der Waals surface area contributed by atoms with E-state index >= 15 is 0 Å². The van der Waals surface area contributed by atoms with Crippen molar-refractivity contribution < 1.29 is 23.5 Å². The number of carbonyl (C=O) groups excluding carboxylic acids is 3. The van der Waals surface area contributed by atoms with Crippen molar-refractivity contribution in [2.75, 3.05) is 44.2 Å². The minimum absolute atomic E-state index is 0.0387. The number of nitrogens with zero attached hydrogens (tertiary/aromatic N) is 5. The number of fused-ring (bicyclic) bond motifs is 1. The minimum atomic E-state index is -0.621. The maximum atomic E-state index is 14.1. The van der Waals surface area contributed by atoms with Crippen LogP contribution in [-0.4, -0.2) is 94.5 Å². The number of carbonyl (C=O) groups is 3. The van der Waals surface area contributed by atoms with Gasteiger partial charge in [-0.1, -0.05) is 26.0 Å². The normalized spacial score (nSPS) is 22.2. The fourth-order valence-electron chi connectivity index (χ4n) is 6.40. The van der Waals surface area contributed by atoms with Crippen LogP contribution in [0.2, 0.25) is 0 Å². The van der Waals surface area contributed by atoms with Gasteiger partial charge in [-0.25, -0.2) is 9.18 Å². The van der Waals surface area contributed by atoms with Crippen LogP contribution < -0.4 is 4.90 Å². The molecule has 232 valence electrons. The lowest BCUT2D eigenvalue weighted by Gasteiger charge is -2.46. The molecule has 3 amide bonds. The molecule has 0 bridgehead atoms. The second-order valence-electron chi connectivity index (χ2n) is 13.9. The molecule has 2 atom stereocenters. The second-order valence-corrected chi connectivity index (χ2v) is 13.9. The van der Waals surface area contributed by atoms with Gasteiger partial charge < -0.3 is 19.4 Å². The number of piperazine rings is 1. The van der Waals surface area contributed by atoms with E-state index < -0.39 is 5.60 Å². The zero-order valence-electron chi connectivity index (χ0n) is 26.2. The predicted octanol–water partition coefficient (Wildman–Crippen LogP) is 4.37. The number of hydrogen-bond acceptors (Lipinski definition) is 6. The molecule has 0 unspecified atom stereocenters. The molecule has 0 N–H and O–H groups in total. The van der Waals surface area contributed by atoms with Crippen molar-refractivity contribution in [1.82, 2.24) is 19.7 Å². The van der Waals surface area contributed by atoms with E-state index in [1.54, 1.807) is 17.0 Å². The number of hydrogen-bond donors (Lipinski definition) is 0. The Morgan fingerprint density at radius 3 is 2.49 bits per heavy atom. The quantitative estimate of drug-likeness (QED) is 0.495. The summed E-state index contributed by atoms with van der Waals surface area (Å²) in [5, 5.41) is 0. The van der Waals surface area contributed by atoms with Crippen molar-refractivity contribution in [1.29, 1.82) is 0 Å². The number of ether oxygens (including phenoxy) is 1. The number of likely N-dealkylation sites (tertiary alicyclic amines) is 1. The highest BCUT2D eigenvalue weighted by Crippen LogP contribution is 2.40. The first-order valence-electron chi connectivity index (χ1n) is 15.3. The van der Waals surface area contributed by atoms with Crippen LogP contribution in [0.5, 0.6) is 0 Å². The van der Waals surface area contributed by atoms with E-state index in [2.05, 4.69) is 18.7 Å². The zero-order valence-corrected chi connectivity index (χ0v) is 26.2. The topological polar surface area (TPSA) is 86.3 Å². The number of amides is 3. The summed E-state index contributed by atoms with van der Waals surface area (Å²) in [6.45, 7) is 14.4. The van der Waals surface area contributed by atoms with Crippen molar-refractivity contribution in [3.8, 4) is 0 Å². The highest BCUT2D eigenvalue weighted by atomic mass is 19.1. The van der Waals surface area contributed by atoms with Crippen LogP contribution in [0.4, 0.5) is 14.9 Å². The van der Waals surface area contributed by atoms with Crippen LogP contribution >= 0.6 is 0 Å². The van der Waals surface area contributed by atoms with Crippen molar-refractivity contribution in [3.05, 3.63) is 59.2 Å². The van der Waals surface area contributed by atoms with Crippen molar-refractivity contribution in [2.45, 2.75) is 83.9 Å². The Balaban J connectivity index is 1.36. The van der Waals surface area contributed by atoms with Gasteiger partial charge in [0.15, 0.2) is 0 Å². The molecule has 4 heterocycles. The first-order chi connectivity index (χ1) is 20.2. The van der Waals surface area contributed by atoms with Crippen molar-refractivity contribution in [2.24, 2.45) is 0 Å². The summed E-state index contributed by atoms with van der Waals surface area (Å²) in [6.07, 6.45) is 3.41. The molecule has 9 nitrogen and oxygen atoms in total. The third-order valence-electron chi connectivity index (χ3n) is 8.56. The first-order valence-corrected chi connectivity index (χ1v) is 15.3. The Hall–Kier alpha value is -3.53. The maximum absolute atomic E-state index is 14.1. The van der Waals surface area contributed by atoms with Crippen LogP contribution in [0.3, 0.4) is 0 Å². The van der Waals surface area contributed by atoms with Gasteiger partial charge in [0.1, 0.15) is 11.4 Å². The molecule has 2 fully saturated rings. The molecule has 0 aliphatic carbocycles. The smallest absolute Gasteiger partial charge is 0.410 e. The number of halogens is 1. The summed E-state index contributed by atoms with van der Waals surface area (Å²) in [4.78, 5) is 52.0. The monoisotopic (exact) mass is 593 g/mol. The van der Waals surface area contributed by atoms with Gasteiger partial charge >= 0.3 is 6.09 Å². The van der Waals surface area contributed by atoms with E-state index in [9.17, 15) is 18.8 Å². The van der Waals surface area contributed by atoms with Crippen molar-refractivity contribution in [3.63, 3.8) is 0 Å². The number of pyridine rings is 1. The lowest BCUT2D eigenvalue weighted by molar-refractivity contribution is -0.129. The summed E-state index contributed by atoms with van der Waals surface area (Å²) in [5.41, 5.74) is 2.67. The third kappa shape index (κ3) is 7.00. The number of aromatic nitrogens is 1. The van der Waals surface area contributed by atoms with Crippen LogP contribution in [0.15, 0.2) is 36.5 Å². The predicted molar refractivity (Wildman–Crippen MR) is 162 cm³/mol. The van der Waals surface area contributed by atoms with E-state index in [4.69, 9.17) is 9.72 Å². The molecule has 0 radical (unpaired) electrons. The standard InChI is InChI=1S/C33H44FN5O4/c1-22-17-37(26(18-36-13-7-8-28(36)40)19-38(22)31(42)43-32(2,3)4)20-29(41)39-21-33(5,6)30-27(39)15-24(16-35-30)14-23-9-11-25(34)12-10-23/h9-12,15-16,22,26H,7-8,13-14,17-21H2,1-6H3/t22-,26+/m1/s1. The van der Waals surface area contributed by atoms with Gasteiger partial charge in [0.05, 0.1) is 17.9 Å². The summed E-state index contributed by atoms with van der Waals surface area (Å²) in [7, 11) is 0. The molecular formula is C33H44FN5O4. The number of anilines is 1. The average Bonchev–Trinajstić information content (AvgIpc) is 3.44. The largest absolute Gasteiger partial charge is 0.444 e. The maximum Gasteiger partial charge on any atom is 0.410 e. The van der Waals surface area contributed by atoms with Gasteiger partial charge in [-0.2, -0.15) is 0 Å². The molecule has 3 aliphatic heterocycles. The molecule has 0 saturated carbocycles. The SMILES string of the molecule is C[C@@H]1CN(CC(=O)N2CC(C)(C)c3ncc(Cc4ccc(F)cc4)cc32)[C@@H](CN2CCCC2=O)CN1C(=O)OC(C)(C)C. The first kappa shape index (κ1) is 30.9. The second kappa shape index (κ2) is 11.9. The molecule has 0 spiro atoms. The Bertz CT molecular complexity index is 1370. The lowest BCUT2D eigenvalue weighted by Crippen LogP contribution is -2.63. The summed E-state index contributed by atoms with van der Waals surface area (Å²) < 4.78 is 19.1. The summed E-state index contributed by atoms with van der Waals surface area (Å²) >= 11 is 0. The Morgan fingerprint density at radius 2 is 1.84 bits per heavy atom. The fourth-order valence-corrected chi connectivity index (χ4v) is 6.40. The zero-order chi connectivity index (χ0) is 31.1. The molecular weight excluding hydrogens is 549 g/mol. The number of rotatable bonds is 6. The van der Waals surface area contributed by atoms with E-state index in [1.807, 2.05) is 49.8 Å². The summed E-state index contributed by atoms with van der Waals surface area (Å²) in [6, 6.07) is 8.08. The van der Waals surface area contributed by atoms with Crippen LogP contribution in [0.1, 0.15) is 71.2 Å². The third-order valence-corrected chi connectivity index (χ3v) is 8.56. The summed E-state index contributed by atoms with van der Waals surface area (Å²) in [5.74, 6) is -0.199. The van der Waals surface area contributed by atoms with Crippen LogP contribution in [-0.2, 0) is 26.2 Å². The van der Waals surface area contributed by atoms with Gasteiger partial charge in [-0.05, 0) is 69.9 Å². The van der Waals surface area contributed by atoms with Gasteiger partial charge in [-0.15, -0.1) is 0 Å². The Morgan fingerprint density at radius 1 is 1.12 bits per heavy atom. The van der Waals surface area contributed by atoms with E-state index in [-0.39, 0.29) is 47.8 Å². The molecule has 3 aliphatic rings. The molecule has 10 heteroatoms. The van der Waals surface area contributed by atoms with Crippen LogP contribution in [0.25, 0.3) is 0 Å². The molecule has 2 saturated heterocycles. The van der Waals surface area contributed by atoms with E-state index in [1.165, 1.54) is 12.1 Å².